The summed E-state index contributed by atoms with van der Waals surface area (Å²) in [6, 6.07) is 33.3. The van der Waals surface area contributed by atoms with Gasteiger partial charge in [-0.1, -0.05) is 6.07 Å². The smallest absolute Gasteiger partial charge is 0.305 e. The molecule has 0 bridgehead atoms. The molecule has 0 aliphatic rings. The van der Waals surface area contributed by atoms with Crippen LogP contribution in [-0.4, -0.2) is 137 Å². The van der Waals surface area contributed by atoms with Crippen LogP contribution < -0.4 is 27.1 Å². The number of carboxylic acid groups (broad SMARTS) is 1. The van der Waals surface area contributed by atoms with E-state index in [1.54, 1.807) is 121 Å². The van der Waals surface area contributed by atoms with Crippen LogP contribution in [0.5, 0.6) is 5.88 Å². The van der Waals surface area contributed by atoms with Crippen molar-refractivity contribution in [2.45, 2.75) is 39.3 Å². The number of nitrogens with two attached hydrogens (primary N) is 1. The molecule has 7 aromatic carbocycles. The summed E-state index contributed by atoms with van der Waals surface area (Å²) in [6.07, 6.45) is 12.0. The number of hydrogen-bond donors (Lipinski definition) is 3. The molecule has 0 aliphatic heterocycles. The number of nitro groups is 3. The molecule has 16 aromatic rings. The fourth-order valence-electron chi connectivity index (χ4n) is 13.1. The zero-order valence-corrected chi connectivity index (χ0v) is 68.1. The molecule has 126 heavy (non-hydrogen) atoms. The van der Waals surface area contributed by atoms with Crippen LogP contribution in [0.25, 0.3) is 87.9 Å². The Morgan fingerprint density at radius 2 is 0.937 bits per heavy atom. The first-order valence-electron chi connectivity index (χ1n) is 37.2. The molecule has 0 atom stereocenters. The van der Waals surface area contributed by atoms with Gasteiger partial charge in [-0.05, 0) is 134 Å². The minimum atomic E-state index is -1.02. The van der Waals surface area contributed by atoms with Crippen LogP contribution >= 0.6 is 0 Å². The number of hydrogen-bond acceptors (Lipinski definition) is 22. The number of nitrogens with one attached hydrogen (secondary N) is 1. The molecule has 0 fully saturated rings. The number of benzene rings is 7. The number of nitro benzene ring substituents is 3. The van der Waals surface area contributed by atoms with Crippen LogP contribution in [0, 0.1) is 71.1 Å². The number of ether oxygens (including phenoxy) is 1. The van der Waals surface area contributed by atoms with Crippen molar-refractivity contribution < 1.29 is 74.5 Å². The molecule has 41 heteroatoms. The summed E-state index contributed by atoms with van der Waals surface area (Å²) >= 11 is 0. The SMILES string of the molecule is CC(=O)c1ccc(F)cc1[N+](=O)[O-].CN(C)/C=C/C(=O)c1ccc(F)cc1[N+](=O)[O-].COc1ncccc1CC(=O)CCn1c(=O)c2cnn(C)c2c2ccc(F)cc21.Cn1ncc2c(=O)[nH]c3cc(F)ccc3c21.Cn1ncc2c(=O)n(CCC(=O)O)c3cc(F)ccc3c21.Cn1nccc1-c1ccc(F)cc1N.Cn1nccc1-c1ccc(F)cc1[N+](=O)[O-]. The van der Waals surface area contributed by atoms with Crippen LogP contribution in [0.4, 0.5) is 53.5 Å². The fraction of sp³-hybridized carbons (Fsp3) is 0.165. The number of halogens is 7. The number of Topliss-reactive ketones (excluding diaryl/α,β-unsaturated/α-hetero) is 2. The largest absolute Gasteiger partial charge is 0.481 e. The predicted molar refractivity (Wildman–Crippen MR) is 452 cm³/mol. The summed E-state index contributed by atoms with van der Waals surface area (Å²) in [5.74, 6) is -5.39. The van der Waals surface area contributed by atoms with Crippen molar-refractivity contribution in [3.63, 3.8) is 0 Å². The number of aromatic amines is 1. The van der Waals surface area contributed by atoms with Crippen molar-refractivity contribution in [2.75, 3.05) is 26.9 Å². The summed E-state index contributed by atoms with van der Waals surface area (Å²) in [5, 5.41) is 64.3. The Balaban J connectivity index is 0.000000156. The molecule has 16 rings (SSSR count). The van der Waals surface area contributed by atoms with Gasteiger partial charge in [0.1, 0.15) is 46.5 Å². The molecule has 34 nitrogen and oxygen atoms in total. The Bertz CT molecular complexity index is 7130. The lowest BCUT2D eigenvalue weighted by Gasteiger charge is -2.12. The van der Waals surface area contributed by atoms with Crippen molar-refractivity contribution in [2.24, 2.45) is 35.2 Å². The quantitative estimate of drug-likeness (QED) is 0.0179. The number of H-pyrrole nitrogens is 1. The third-order valence-corrected chi connectivity index (χ3v) is 18.9. The molecule has 0 radical (unpaired) electrons. The van der Waals surface area contributed by atoms with Gasteiger partial charge in [0.05, 0.1) is 142 Å². The number of nitrogen functional groups attached to an aromatic ring is 1. The van der Waals surface area contributed by atoms with Gasteiger partial charge in [0.25, 0.3) is 33.7 Å². The molecule has 4 N–H and O–H groups in total. The normalized spacial score (nSPS) is 10.8. The maximum atomic E-state index is 13.9. The highest BCUT2D eigenvalue weighted by Gasteiger charge is 2.24. The number of fused-ring (bicyclic) bond motifs is 9. The molecular formula is C85H74F7N19O15. The molecule has 0 saturated carbocycles. The number of pyridine rings is 4. The third-order valence-electron chi connectivity index (χ3n) is 18.9. The Labute approximate surface area is 705 Å². The number of anilines is 1. The number of aliphatic carboxylic acids is 1. The number of aryl methyl sites for hydroxylation is 7. The highest BCUT2D eigenvalue weighted by molar-refractivity contribution is 6.08. The molecule has 0 aliphatic carbocycles. The van der Waals surface area contributed by atoms with Gasteiger partial charge in [0, 0.05) is 139 Å². The number of rotatable bonds is 18. The number of ketones is 3. The number of carbonyl (C=O) groups is 4. The van der Waals surface area contributed by atoms with Crippen LogP contribution in [0.3, 0.4) is 0 Å². The van der Waals surface area contributed by atoms with Crippen molar-refractivity contribution in [1.29, 1.82) is 0 Å². The summed E-state index contributed by atoms with van der Waals surface area (Å²) in [4.78, 5) is 121. The average molecular weight is 1730 g/mol. The van der Waals surface area contributed by atoms with Crippen LogP contribution in [0.1, 0.15) is 46.0 Å². The first-order chi connectivity index (χ1) is 59.8. The molecule has 9 aromatic heterocycles. The van der Waals surface area contributed by atoms with E-state index >= 15 is 0 Å². The average Bonchev–Trinajstić information content (AvgIpc) is 1.55. The van der Waals surface area contributed by atoms with Crippen LogP contribution in [-0.2, 0) is 64.3 Å². The fourth-order valence-corrected chi connectivity index (χ4v) is 13.1. The number of aromatic nitrogens is 14. The number of methoxy groups -OCH3 is 1. The van der Waals surface area contributed by atoms with Gasteiger partial charge in [0.2, 0.25) is 5.88 Å². The number of carbonyl (C=O) groups excluding carboxylic acids is 3. The van der Waals surface area contributed by atoms with E-state index in [4.69, 9.17) is 15.6 Å². The summed E-state index contributed by atoms with van der Waals surface area (Å²) < 4.78 is 107. The van der Waals surface area contributed by atoms with Gasteiger partial charge >= 0.3 is 5.97 Å². The monoisotopic (exact) mass is 1730 g/mol. The maximum Gasteiger partial charge on any atom is 0.305 e. The van der Waals surface area contributed by atoms with Gasteiger partial charge < -0.3 is 34.6 Å². The molecule has 0 amide bonds. The molecule has 0 unspecified atom stereocenters. The van der Waals surface area contributed by atoms with Crippen molar-refractivity contribution in [1.82, 2.24) is 72.9 Å². The lowest BCUT2D eigenvalue weighted by molar-refractivity contribution is -0.385. The standard InChI is InChI=1S/C21H19FN4O3.C14H12FN3O3.C11H8FN3O.C11H11FN2O3.C10H8FN3O2.C10H10FN3.C8H6FNO3/c1-25-19-16-6-5-14(22)11-18(16)26(21(28)17(19)12-24-25)9-7-15(27)10-13-4-3-8-23-20(13)29-2;1-17-13-9-3-2-8(15)6-11(9)18(5-4-12(19)20)14(21)10(13)7-16-17;1-15-10-7-3-2-6(12)4-9(7)14-11(16)8(10)5-13-15;1-13(2)6-5-11(15)9-4-3-8(12)7-10(9)14(16)17;1-13-9(4-5-12-13)8-3-2-7(11)6-10(8)14(15)16;1-14-10(4-5-13-14)8-3-2-7(11)6-9(8)12;1-5(11)7-3-2-6(9)4-8(7)10(12)13/h3-6,8,11-12H,7,9-10H2,1-2H3;2-3,6-7H,4-5H2,1H3,(H,19,20);2-5H,1H3,(H,14,16);3-7H,1-2H3;2-6H,1H3;2-6H,12H2,1H3;2-4H,1H3/b;;;6-5+;;;. The Morgan fingerprint density at radius 1 is 0.508 bits per heavy atom. The molecule has 0 saturated heterocycles. The molecule has 648 valence electrons. The second-order valence-corrected chi connectivity index (χ2v) is 27.6. The van der Waals surface area contributed by atoms with E-state index in [0.717, 1.165) is 64.6 Å². The van der Waals surface area contributed by atoms with Gasteiger partial charge in [-0.3, -0.25) is 87.3 Å². The van der Waals surface area contributed by atoms with E-state index in [9.17, 15) is 94.6 Å². The Kier molecular flexibility index (Phi) is 29.3. The van der Waals surface area contributed by atoms with Crippen molar-refractivity contribution in [3.8, 4) is 28.4 Å². The second-order valence-electron chi connectivity index (χ2n) is 27.6. The number of nitrogens with zero attached hydrogens (tertiary/aromatic N) is 17. The van der Waals surface area contributed by atoms with Gasteiger partial charge in [-0.25, -0.2) is 35.7 Å². The van der Waals surface area contributed by atoms with E-state index in [1.807, 2.05) is 13.1 Å². The van der Waals surface area contributed by atoms with E-state index < -0.39 is 72.8 Å². The predicted octanol–water partition coefficient (Wildman–Crippen LogP) is 13.6. The minimum absolute atomic E-state index is 0.0149. The van der Waals surface area contributed by atoms with Gasteiger partial charge in [0.15, 0.2) is 11.6 Å². The highest BCUT2D eigenvalue weighted by Crippen LogP contribution is 2.32. The Hall–Kier alpha value is -16.5. The van der Waals surface area contributed by atoms with E-state index in [-0.39, 0.29) is 83.3 Å². The number of allylic oxidation sites excluding steroid dienone is 1. The Morgan fingerprint density at radius 3 is 1.41 bits per heavy atom. The van der Waals surface area contributed by atoms with Crippen molar-refractivity contribution in [3.05, 3.63) is 320 Å². The van der Waals surface area contributed by atoms with Gasteiger partial charge in [-0.2, -0.15) is 25.5 Å². The van der Waals surface area contributed by atoms with Gasteiger partial charge in [-0.15, -0.1) is 0 Å². The summed E-state index contributed by atoms with van der Waals surface area (Å²) in [6.45, 7) is 1.32. The lowest BCUT2D eigenvalue weighted by atomic mass is 10.1. The minimum Gasteiger partial charge on any atom is -0.481 e. The van der Waals surface area contributed by atoms with E-state index in [2.05, 4.69) is 35.5 Å². The number of carboxylic acids is 1. The highest BCUT2D eigenvalue weighted by atomic mass is 19.2. The first-order valence-corrected chi connectivity index (χ1v) is 37.2. The van der Waals surface area contributed by atoms with Crippen LogP contribution in [0.2, 0.25) is 0 Å². The molecular weight excluding hydrogens is 1660 g/mol. The first kappa shape index (κ1) is 91.8. The zero-order valence-electron chi connectivity index (χ0n) is 68.1. The molecule has 0 spiro atoms. The van der Waals surface area contributed by atoms with E-state index in [0.29, 0.717) is 82.9 Å². The lowest BCUT2D eigenvalue weighted by Crippen LogP contribution is -2.23. The summed E-state index contributed by atoms with van der Waals surface area (Å²) in [5.41, 5.74) is 10.3. The molecule has 9 heterocycles. The van der Waals surface area contributed by atoms with E-state index in [1.165, 1.54) is 126 Å². The second kappa shape index (κ2) is 40.2. The summed E-state index contributed by atoms with van der Waals surface area (Å²) in [7, 11) is 13.6. The van der Waals surface area contributed by atoms with Crippen LogP contribution in [0.15, 0.2) is 215 Å². The third kappa shape index (κ3) is 21.6. The topological polar surface area (TPSA) is 435 Å². The zero-order chi connectivity index (χ0) is 91.8. The van der Waals surface area contributed by atoms with Crippen molar-refractivity contribution >= 4 is 111 Å². The maximum absolute atomic E-state index is 13.9.